The molecule has 4 rings (SSSR count). The zero-order valence-corrected chi connectivity index (χ0v) is 15.6. The first kappa shape index (κ1) is 15.3. The van der Waals surface area contributed by atoms with Crippen LogP contribution in [0.25, 0.3) is 21.9 Å². The van der Waals surface area contributed by atoms with Gasteiger partial charge in [0.1, 0.15) is 11.6 Å². The molecule has 0 saturated heterocycles. The van der Waals surface area contributed by atoms with Gasteiger partial charge in [0, 0.05) is 25.1 Å². The van der Waals surface area contributed by atoms with Crippen molar-refractivity contribution in [2.75, 3.05) is 0 Å². The SMILES string of the molecule is CC1(C)c2c[c]c3c(F)ccc(F)c3c2-c2cc(Br)cc(Br)c21. The third-order valence-corrected chi connectivity index (χ3v) is 5.69. The van der Waals surface area contributed by atoms with Crippen LogP contribution in [0.2, 0.25) is 0 Å². The number of hydrogen-bond donors (Lipinski definition) is 0. The molecule has 1 radical (unpaired) electrons. The Kier molecular flexibility index (Phi) is 3.23. The average Bonchev–Trinajstić information content (AvgIpc) is 2.71. The van der Waals surface area contributed by atoms with E-state index in [0.717, 1.165) is 37.3 Å². The summed E-state index contributed by atoms with van der Waals surface area (Å²) in [6.07, 6.45) is 0. The van der Waals surface area contributed by atoms with E-state index in [1.165, 1.54) is 6.07 Å². The Balaban J connectivity index is 2.27. The van der Waals surface area contributed by atoms with E-state index in [2.05, 4.69) is 51.8 Å². The normalized spacial score (nSPS) is 14.9. The highest BCUT2D eigenvalue weighted by Crippen LogP contribution is 2.54. The molecule has 0 spiro atoms. The maximum absolute atomic E-state index is 14.6. The van der Waals surface area contributed by atoms with E-state index in [-0.39, 0.29) is 10.8 Å². The van der Waals surface area contributed by atoms with Crippen molar-refractivity contribution in [1.29, 1.82) is 0 Å². The molecule has 0 nitrogen and oxygen atoms in total. The molecule has 1 aliphatic carbocycles. The summed E-state index contributed by atoms with van der Waals surface area (Å²) in [6, 6.07) is 11.0. The molecule has 4 heteroatoms. The van der Waals surface area contributed by atoms with Crippen LogP contribution in [0.5, 0.6) is 0 Å². The number of hydrogen-bond acceptors (Lipinski definition) is 0. The van der Waals surface area contributed by atoms with Gasteiger partial charge < -0.3 is 0 Å². The van der Waals surface area contributed by atoms with Crippen LogP contribution in [0.1, 0.15) is 25.0 Å². The number of fused-ring (bicyclic) bond motifs is 5. The Labute approximate surface area is 149 Å². The largest absolute Gasteiger partial charge is 0.206 e. The molecule has 0 fully saturated rings. The van der Waals surface area contributed by atoms with E-state index in [1.807, 2.05) is 12.1 Å². The monoisotopic (exact) mass is 435 g/mol. The molecular formula is C19H11Br2F2. The van der Waals surface area contributed by atoms with E-state index < -0.39 is 11.6 Å². The summed E-state index contributed by atoms with van der Waals surface area (Å²) < 4.78 is 30.5. The lowest BCUT2D eigenvalue weighted by atomic mass is 9.82. The Bertz CT molecular complexity index is 991. The molecule has 3 aromatic rings. The van der Waals surface area contributed by atoms with Gasteiger partial charge in [0.15, 0.2) is 0 Å². The van der Waals surface area contributed by atoms with Crippen LogP contribution in [-0.2, 0) is 5.41 Å². The highest BCUT2D eigenvalue weighted by Gasteiger charge is 2.39. The highest BCUT2D eigenvalue weighted by atomic mass is 79.9. The zero-order valence-electron chi connectivity index (χ0n) is 12.4. The van der Waals surface area contributed by atoms with Crippen LogP contribution in [0.4, 0.5) is 8.78 Å². The molecule has 0 aliphatic heterocycles. The molecule has 0 N–H and O–H groups in total. The van der Waals surface area contributed by atoms with Crippen molar-refractivity contribution in [2.24, 2.45) is 0 Å². The summed E-state index contributed by atoms with van der Waals surface area (Å²) in [5, 5.41) is 0.503. The van der Waals surface area contributed by atoms with E-state index in [4.69, 9.17) is 0 Å². The van der Waals surface area contributed by atoms with Crippen LogP contribution in [0.3, 0.4) is 0 Å². The van der Waals surface area contributed by atoms with Gasteiger partial charge >= 0.3 is 0 Å². The minimum Gasteiger partial charge on any atom is -0.206 e. The van der Waals surface area contributed by atoms with E-state index in [1.54, 1.807) is 6.07 Å². The lowest BCUT2D eigenvalue weighted by Gasteiger charge is -2.22. The molecule has 1 aliphatic rings. The Morgan fingerprint density at radius 2 is 1.74 bits per heavy atom. The predicted octanol–water partition coefficient (Wildman–Crippen LogP) is 6.75. The zero-order chi connectivity index (χ0) is 16.5. The molecule has 0 heterocycles. The molecule has 0 atom stereocenters. The second-order valence-corrected chi connectivity index (χ2v) is 8.06. The number of benzene rings is 3. The molecule has 0 bridgehead atoms. The third-order valence-electron chi connectivity index (χ3n) is 4.61. The fraction of sp³-hybridized carbons (Fsp3) is 0.158. The van der Waals surface area contributed by atoms with Gasteiger partial charge in [-0.3, -0.25) is 0 Å². The predicted molar refractivity (Wildman–Crippen MR) is 95.7 cm³/mol. The summed E-state index contributed by atoms with van der Waals surface area (Å²) in [6.45, 7) is 4.18. The van der Waals surface area contributed by atoms with Crippen LogP contribution >= 0.6 is 31.9 Å². The maximum Gasteiger partial charge on any atom is 0.131 e. The van der Waals surface area contributed by atoms with Crippen molar-refractivity contribution in [3.63, 3.8) is 0 Å². The lowest BCUT2D eigenvalue weighted by molar-refractivity contribution is 0.617. The van der Waals surface area contributed by atoms with Gasteiger partial charge in [-0.25, -0.2) is 8.78 Å². The summed E-state index contributed by atoms with van der Waals surface area (Å²) in [4.78, 5) is 0. The van der Waals surface area contributed by atoms with Crippen molar-refractivity contribution in [1.82, 2.24) is 0 Å². The van der Waals surface area contributed by atoms with Crippen LogP contribution in [0, 0.1) is 17.7 Å². The average molecular weight is 437 g/mol. The Morgan fingerprint density at radius 3 is 2.48 bits per heavy atom. The van der Waals surface area contributed by atoms with Gasteiger partial charge in [0.05, 0.1) is 0 Å². The topological polar surface area (TPSA) is 0 Å². The number of rotatable bonds is 0. The highest BCUT2D eigenvalue weighted by molar-refractivity contribution is 9.11. The molecule has 0 unspecified atom stereocenters. The van der Waals surface area contributed by atoms with Crippen LogP contribution in [-0.4, -0.2) is 0 Å². The molecule has 0 aromatic heterocycles. The standard InChI is InChI=1S/C19H11Br2F2/c1-19(2)12-4-3-10-14(22)5-6-15(23)17(10)16(12)11-7-9(20)8-13(21)18(11)19/h4-8H,1-2H3. The molecule has 0 saturated carbocycles. The molecule has 3 aromatic carbocycles. The summed E-state index contributed by atoms with van der Waals surface area (Å²) in [5.74, 6) is -0.876. The first-order chi connectivity index (χ1) is 10.8. The number of halogens is 4. The maximum atomic E-state index is 14.6. The van der Waals surface area contributed by atoms with Gasteiger partial charge in [-0.1, -0.05) is 45.7 Å². The first-order valence-electron chi connectivity index (χ1n) is 7.15. The molecule has 23 heavy (non-hydrogen) atoms. The van der Waals surface area contributed by atoms with Crippen molar-refractivity contribution < 1.29 is 8.78 Å². The van der Waals surface area contributed by atoms with Crippen molar-refractivity contribution in [3.8, 4) is 11.1 Å². The molecular weight excluding hydrogens is 426 g/mol. The Hall–Kier alpha value is -1.26. The van der Waals surface area contributed by atoms with Gasteiger partial charge in [0.25, 0.3) is 0 Å². The van der Waals surface area contributed by atoms with Gasteiger partial charge in [0.2, 0.25) is 0 Å². The van der Waals surface area contributed by atoms with Crippen LogP contribution in [0.15, 0.2) is 39.3 Å². The van der Waals surface area contributed by atoms with Gasteiger partial charge in [-0.05, 0) is 58.7 Å². The summed E-state index contributed by atoms with van der Waals surface area (Å²) >= 11 is 7.12. The minimum atomic E-state index is -0.454. The lowest BCUT2D eigenvalue weighted by Crippen LogP contribution is -2.15. The fourth-order valence-electron chi connectivity index (χ4n) is 3.60. The quantitative estimate of drug-likeness (QED) is 0.365. The summed E-state index contributed by atoms with van der Waals surface area (Å²) in [7, 11) is 0. The van der Waals surface area contributed by atoms with Gasteiger partial charge in [-0.2, -0.15) is 0 Å². The van der Waals surface area contributed by atoms with E-state index >= 15 is 0 Å². The molecule has 0 amide bonds. The first-order valence-corrected chi connectivity index (χ1v) is 8.73. The summed E-state index contributed by atoms with van der Waals surface area (Å²) in [5.41, 5.74) is 3.42. The second-order valence-electron chi connectivity index (χ2n) is 6.29. The van der Waals surface area contributed by atoms with Gasteiger partial charge in [-0.15, -0.1) is 0 Å². The minimum absolute atomic E-state index is 0.198. The van der Waals surface area contributed by atoms with E-state index in [9.17, 15) is 8.78 Å². The van der Waals surface area contributed by atoms with E-state index in [0.29, 0.717) is 5.39 Å². The third kappa shape index (κ3) is 1.97. The second kappa shape index (κ2) is 4.87. The van der Waals surface area contributed by atoms with Crippen molar-refractivity contribution in [2.45, 2.75) is 19.3 Å². The molecule has 115 valence electrons. The van der Waals surface area contributed by atoms with Crippen LogP contribution < -0.4 is 0 Å². The smallest absolute Gasteiger partial charge is 0.131 e. The van der Waals surface area contributed by atoms with Crippen molar-refractivity contribution in [3.05, 3.63) is 68.1 Å². The fourth-order valence-corrected chi connectivity index (χ4v) is 5.32. The van der Waals surface area contributed by atoms with Crippen molar-refractivity contribution >= 4 is 42.6 Å². The Morgan fingerprint density at radius 1 is 1.04 bits per heavy atom.